The van der Waals surface area contributed by atoms with Gasteiger partial charge >= 0.3 is 6.03 Å². The maximum atomic E-state index is 12.5. The molecule has 2 aromatic rings. The molecule has 0 aliphatic heterocycles. The number of nitrogens with one attached hydrogen (secondary N) is 2. The van der Waals surface area contributed by atoms with Gasteiger partial charge in [-0.05, 0) is 36.4 Å². The minimum atomic E-state index is -2.57. The van der Waals surface area contributed by atoms with E-state index in [1.807, 2.05) is 0 Å². The number of anilines is 3. The lowest BCUT2D eigenvalue weighted by atomic mass is 10.2. The lowest BCUT2D eigenvalue weighted by Crippen LogP contribution is -2.19. The van der Waals surface area contributed by atoms with Crippen LogP contribution < -0.4 is 16.4 Å². The predicted molar refractivity (Wildman–Crippen MR) is 74.9 cm³/mol. The molecule has 2 aromatic carbocycles. The zero-order valence-corrected chi connectivity index (χ0v) is 10.4. The van der Waals surface area contributed by atoms with E-state index in [0.29, 0.717) is 17.1 Å². The number of alkyl halides is 2. The van der Waals surface area contributed by atoms with Crippen LogP contribution in [0.15, 0.2) is 48.5 Å². The highest BCUT2D eigenvalue weighted by molar-refractivity contribution is 5.99. The van der Waals surface area contributed by atoms with Crippen molar-refractivity contribution in [1.29, 1.82) is 0 Å². The zero-order valence-electron chi connectivity index (χ0n) is 10.4. The number of urea groups is 1. The van der Waals surface area contributed by atoms with E-state index in [1.165, 1.54) is 24.3 Å². The van der Waals surface area contributed by atoms with E-state index in [4.69, 9.17) is 5.73 Å². The first-order valence-corrected chi connectivity index (χ1v) is 5.86. The number of rotatable bonds is 3. The molecule has 6 heteroatoms. The summed E-state index contributed by atoms with van der Waals surface area (Å²) in [7, 11) is 0. The molecule has 0 aliphatic rings. The van der Waals surface area contributed by atoms with Crippen LogP contribution in [0.1, 0.15) is 12.0 Å². The Hall–Kier alpha value is -2.63. The molecule has 4 N–H and O–H groups in total. The summed E-state index contributed by atoms with van der Waals surface area (Å²) >= 11 is 0. The summed E-state index contributed by atoms with van der Waals surface area (Å²) in [5.41, 5.74) is 6.83. The van der Waals surface area contributed by atoms with Gasteiger partial charge in [-0.25, -0.2) is 13.6 Å². The smallest absolute Gasteiger partial charge is 0.323 e. The molecule has 0 aliphatic carbocycles. The Kier molecular flexibility index (Phi) is 4.14. The standard InChI is InChI=1S/C14H13F2N3O/c15-13(16)9-2-1-3-12(8-9)19-14(20)18-11-6-4-10(17)5-7-11/h1-8,13H,17H2,(H2,18,19,20). The third-order valence-corrected chi connectivity index (χ3v) is 2.57. The SMILES string of the molecule is Nc1ccc(NC(=O)Nc2cccc(C(F)F)c2)cc1. The van der Waals surface area contributed by atoms with Crippen LogP contribution in [0, 0.1) is 0 Å². The Labute approximate surface area is 114 Å². The highest BCUT2D eigenvalue weighted by Gasteiger charge is 2.08. The molecular formula is C14H13F2N3O. The summed E-state index contributed by atoms with van der Waals surface area (Å²) in [6, 6.07) is 11.6. The van der Waals surface area contributed by atoms with E-state index < -0.39 is 12.5 Å². The van der Waals surface area contributed by atoms with E-state index in [2.05, 4.69) is 10.6 Å². The van der Waals surface area contributed by atoms with Gasteiger partial charge in [0.25, 0.3) is 6.43 Å². The molecule has 0 radical (unpaired) electrons. The Morgan fingerprint density at radius 3 is 2.30 bits per heavy atom. The number of carbonyl (C=O) groups excluding carboxylic acids is 1. The number of hydrogen-bond acceptors (Lipinski definition) is 2. The van der Waals surface area contributed by atoms with Gasteiger partial charge in [-0.1, -0.05) is 12.1 Å². The Bertz CT molecular complexity index is 600. The van der Waals surface area contributed by atoms with Crippen LogP contribution in [0.3, 0.4) is 0 Å². The van der Waals surface area contributed by atoms with Gasteiger partial charge in [0.1, 0.15) is 0 Å². The van der Waals surface area contributed by atoms with Crippen molar-refractivity contribution in [2.24, 2.45) is 0 Å². The van der Waals surface area contributed by atoms with Gasteiger partial charge in [0.2, 0.25) is 0 Å². The highest BCUT2D eigenvalue weighted by atomic mass is 19.3. The lowest BCUT2D eigenvalue weighted by molar-refractivity contribution is 0.151. The summed E-state index contributed by atoms with van der Waals surface area (Å²) in [6.45, 7) is 0. The molecule has 0 saturated carbocycles. The first kappa shape index (κ1) is 13.8. The number of hydrogen-bond donors (Lipinski definition) is 3. The highest BCUT2D eigenvalue weighted by Crippen LogP contribution is 2.21. The van der Waals surface area contributed by atoms with Crippen molar-refractivity contribution in [3.8, 4) is 0 Å². The second-order valence-electron chi connectivity index (χ2n) is 4.13. The molecule has 104 valence electrons. The van der Waals surface area contributed by atoms with Crippen LogP contribution in [-0.4, -0.2) is 6.03 Å². The van der Waals surface area contributed by atoms with E-state index in [0.717, 1.165) is 0 Å². The summed E-state index contributed by atoms with van der Waals surface area (Å²) in [5, 5.41) is 5.06. The molecular weight excluding hydrogens is 264 g/mol. The van der Waals surface area contributed by atoms with Crippen molar-refractivity contribution in [3.63, 3.8) is 0 Å². The first-order valence-electron chi connectivity index (χ1n) is 5.86. The van der Waals surface area contributed by atoms with Crippen LogP contribution in [0.4, 0.5) is 30.6 Å². The van der Waals surface area contributed by atoms with Crippen molar-refractivity contribution in [2.75, 3.05) is 16.4 Å². The molecule has 0 bridgehead atoms. The van der Waals surface area contributed by atoms with Crippen LogP contribution in [0.25, 0.3) is 0 Å². The topological polar surface area (TPSA) is 67.1 Å². The molecule has 0 saturated heterocycles. The van der Waals surface area contributed by atoms with Crippen LogP contribution in [-0.2, 0) is 0 Å². The van der Waals surface area contributed by atoms with Crippen molar-refractivity contribution < 1.29 is 13.6 Å². The molecule has 0 unspecified atom stereocenters. The monoisotopic (exact) mass is 277 g/mol. The van der Waals surface area contributed by atoms with Gasteiger partial charge < -0.3 is 16.4 Å². The van der Waals surface area contributed by atoms with Gasteiger partial charge in [-0.3, -0.25) is 0 Å². The number of amides is 2. The average molecular weight is 277 g/mol. The molecule has 4 nitrogen and oxygen atoms in total. The number of halogens is 2. The molecule has 2 rings (SSSR count). The summed E-state index contributed by atoms with van der Waals surface area (Å²) in [5.74, 6) is 0. The first-order chi connectivity index (χ1) is 9.54. The Morgan fingerprint density at radius 2 is 1.65 bits per heavy atom. The fourth-order valence-electron chi connectivity index (χ4n) is 1.61. The van der Waals surface area contributed by atoms with Crippen LogP contribution in [0.5, 0.6) is 0 Å². The number of nitrogen functional groups attached to an aromatic ring is 1. The maximum Gasteiger partial charge on any atom is 0.323 e. The molecule has 0 aromatic heterocycles. The molecule has 0 fully saturated rings. The fourth-order valence-corrected chi connectivity index (χ4v) is 1.61. The molecule has 0 atom stereocenters. The summed E-state index contributed by atoms with van der Waals surface area (Å²) in [6.07, 6.45) is -2.57. The van der Waals surface area contributed by atoms with Gasteiger partial charge in [-0.2, -0.15) is 0 Å². The molecule has 2 amide bonds. The fraction of sp³-hybridized carbons (Fsp3) is 0.0714. The number of nitrogens with two attached hydrogens (primary N) is 1. The second kappa shape index (κ2) is 6.01. The van der Waals surface area contributed by atoms with E-state index in [9.17, 15) is 13.6 Å². The largest absolute Gasteiger partial charge is 0.399 e. The minimum Gasteiger partial charge on any atom is -0.399 e. The lowest BCUT2D eigenvalue weighted by Gasteiger charge is -2.09. The van der Waals surface area contributed by atoms with Crippen molar-refractivity contribution in [1.82, 2.24) is 0 Å². The molecule has 20 heavy (non-hydrogen) atoms. The maximum absolute atomic E-state index is 12.5. The normalized spacial score (nSPS) is 10.3. The van der Waals surface area contributed by atoms with E-state index in [-0.39, 0.29) is 5.56 Å². The minimum absolute atomic E-state index is 0.143. The van der Waals surface area contributed by atoms with Gasteiger partial charge in [0.05, 0.1) is 0 Å². The average Bonchev–Trinajstić information content (AvgIpc) is 2.41. The zero-order chi connectivity index (χ0) is 14.5. The van der Waals surface area contributed by atoms with Crippen LogP contribution >= 0.6 is 0 Å². The van der Waals surface area contributed by atoms with E-state index >= 15 is 0 Å². The van der Waals surface area contributed by atoms with E-state index in [1.54, 1.807) is 24.3 Å². The Morgan fingerprint density at radius 1 is 1.00 bits per heavy atom. The quantitative estimate of drug-likeness (QED) is 0.746. The predicted octanol–water partition coefficient (Wildman–Crippen LogP) is 3.85. The van der Waals surface area contributed by atoms with Gasteiger partial charge in [0.15, 0.2) is 0 Å². The third kappa shape index (κ3) is 3.68. The van der Waals surface area contributed by atoms with Crippen molar-refractivity contribution in [2.45, 2.75) is 6.43 Å². The number of carbonyl (C=O) groups is 1. The van der Waals surface area contributed by atoms with Crippen LogP contribution in [0.2, 0.25) is 0 Å². The molecule has 0 spiro atoms. The van der Waals surface area contributed by atoms with Gasteiger partial charge in [-0.15, -0.1) is 0 Å². The number of benzene rings is 2. The summed E-state index contributed by atoms with van der Waals surface area (Å²) < 4.78 is 25.1. The van der Waals surface area contributed by atoms with Crippen molar-refractivity contribution >= 4 is 23.1 Å². The third-order valence-electron chi connectivity index (χ3n) is 2.57. The second-order valence-corrected chi connectivity index (χ2v) is 4.13. The van der Waals surface area contributed by atoms with Crippen molar-refractivity contribution in [3.05, 3.63) is 54.1 Å². The molecule has 0 heterocycles. The Balaban J connectivity index is 2.01. The summed E-state index contributed by atoms with van der Waals surface area (Å²) in [4.78, 5) is 11.7. The van der Waals surface area contributed by atoms with Gasteiger partial charge in [0, 0.05) is 22.6 Å².